The smallest absolute Gasteiger partial charge is 0.218 e. The van der Waals surface area contributed by atoms with E-state index in [0.29, 0.717) is 24.0 Å². The van der Waals surface area contributed by atoms with Crippen molar-refractivity contribution in [1.29, 1.82) is 0 Å². The molecule has 22 heavy (non-hydrogen) atoms. The van der Waals surface area contributed by atoms with Gasteiger partial charge in [0, 0.05) is 31.2 Å². The number of nitrogens with zero attached hydrogens (tertiary/aromatic N) is 2. The van der Waals surface area contributed by atoms with Crippen LogP contribution in [0.15, 0.2) is 24.3 Å². The Bertz CT molecular complexity index is 564. The van der Waals surface area contributed by atoms with E-state index in [9.17, 15) is 8.42 Å². The van der Waals surface area contributed by atoms with Crippen LogP contribution in [0.3, 0.4) is 0 Å². The summed E-state index contributed by atoms with van der Waals surface area (Å²) < 4.78 is 26.6. The van der Waals surface area contributed by atoms with E-state index < -0.39 is 10.0 Å². The van der Waals surface area contributed by atoms with E-state index in [2.05, 4.69) is 18.7 Å². The summed E-state index contributed by atoms with van der Waals surface area (Å²) in [5.41, 5.74) is 0.784. The molecule has 0 radical (unpaired) electrons. The third-order valence-electron chi connectivity index (χ3n) is 4.01. The van der Waals surface area contributed by atoms with E-state index in [-0.39, 0.29) is 5.75 Å². The van der Waals surface area contributed by atoms with Crippen molar-refractivity contribution in [3.05, 3.63) is 34.9 Å². The number of hydrogen-bond acceptors (Lipinski definition) is 3. The maximum Gasteiger partial charge on any atom is 0.218 e. The van der Waals surface area contributed by atoms with Gasteiger partial charge in [-0.3, -0.25) is 0 Å². The minimum absolute atomic E-state index is 0.0517. The summed E-state index contributed by atoms with van der Waals surface area (Å²) in [6.07, 6.45) is 1.16. The van der Waals surface area contributed by atoms with Crippen LogP contribution >= 0.6 is 11.6 Å². The first kappa shape index (κ1) is 17.7. The lowest BCUT2D eigenvalue weighted by atomic mass is 10.1. The van der Waals surface area contributed by atoms with Gasteiger partial charge < -0.3 is 4.90 Å². The van der Waals surface area contributed by atoms with Crippen LogP contribution in [-0.2, 0) is 15.8 Å². The molecule has 1 saturated heterocycles. The minimum atomic E-state index is -3.24. The number of benzene rings is 1. The number of rotatable bonds is 6. The number of piperazine rings is 1. The molecule has 1 aromatic rings. The van der Waals surface area contributed by atoms with Crippen molar-refractivity contribution in [3.8, 4) is 0 Å². The van der Waals surface area contributed by atoms with Crippen LogP contribution in [0.25, 0.3) is 0 Å². The lowest BCUT2D eigenvalue weighted by molar-refractivity contribution is 0.180. The fraction of sp³-hybridized carbons (Fsp3) is 0.625. The molecule has 1 aliphatic heterocycles. The molecule has 0 spiro atoms. The molecule has 0 aliphatic carbocycles. The van der Waals surface area contributed by atoms with Gasteiger partial charge in [-0.1, -0.05) is 37.6 Å². The Balaban J connectivity index is 1.88. The Hall–Kier alpha value is -0.620. The highest BCUT2D eigenvalue weighted by atomic mass is 35.5. The summed E-state index contributed by atoms with van der Waals surface area (Å²) in [6, 6.07) is 7.02. The van der Waals surface area contributed by atoms with Crippen LogP contribution in [0, 0.1) is 5.92 Å². The van der Waals surface area contributed by atoms with Gasteiger partial charge in [0.15, 0.2) is 0 Å². The van der Waals surface area contributed by atoms with Gasteiger partial charge in [-0.15, -0.1) is 0 Å². The first-order chi connectivity index (χ1) is 10.4. The van der Waals surface area contributed by atoms with Crippen molar-refractivity contribution in [3.63, 3.8) is 0 Å². The Kier molecular flexibility index (Phi) is 6.26. The predicted octanol–water partition coefficient (Wildman–Crippen LogP) is 2.83. The minimum Gasteiger partial charge on any atom is -0.301 e. The Morgan fingerprint density at radius 2 is 1.68 bits per heavy atom. The molecule has 0 saturated carbocycles. The van der Waals surface area contributed by atoms with E-state index in [4.69, 9.17) is 11.6 Å². The quantitative estimate of drug-likeness (QED) is 0.796. The predicted molar refractivity (Wildman–Crippen MR) is 91.5 cm³/mol. The molecule has 1 fully saturated rings. The van der Waals surface area contributed by atoms with Crippen molar-refractivity contribution in [2.24, 2.45) is 5.92 Å². The average molecular weight is 345 g/mol. The Labute approximate surface area is 139 Å². The fourth-order valence-corrected chi connectivity index (χ4v) is 4.20. The molecule has 0 bridgehead atoms. The van der Waals surface area contributed by atoms with Crippen molar-refractivity contribution >= 4 is 21.6 Å². The molecule has 2 rings (SSSR count). The van der Waals surface area contributed by atoms with Crippen LogP contribution in [-0.4, -0.2) is 50.3 Å². The van der Waals surface area contributed by atoms with Gasteiger partial charge in [0.2, 0.25) is 10.0 Å². The zero-order chi connectivity index (χ0) is 16.2. The van der Waals surface area contributed by atoms with Gasteiger partial charge >= 0.3 is 0 Å². The van der Waals surface area contributed by atoms with E-state index >= 15 is 0 Å². The molecule has 1 heterocycles. The zero-order valence-electron chi connectivity index (χ0n) is 13.3. The summed E-state index contributed by atoms with van der Waals surface area (Å²) in [4.78, 5) is 2.36. The van der Waals surface area contributed by atoms with Crippen molar-refractivity contribution in [2.75, 3.05) is 32.7 Å². The highest BCUT2D eigenvalue weighted by Gasteiger charge is 2.26. The van der Waals surface area contributed by atoms with E-state index in [1.807, 2.05) is 0 Å². The summed E-state index contributed by atoms with van der Waals surface area (Å²) >= 11 is 5.83. The van der Waals surface area contributed by atoms with Gasteiger partial charge in [0.25, 0.3) is 0 Å². The van der Waals surface area contributed by atoms with E-state index in [1.165, 1.54) is 0 Å². The highest BCUT2D eigenvalue weighted by Crippen LogP contribution is 2.16. The molecule has 6 heteroatoms. The zero-order valence-corrected chi connectivity index (χ0v) is 14.9. The van der Waals surface area contributed by atoms with Crippen LogP contribution in [0.4, 0.5) is 0 Å². The molecular weight excluding hydrogens is 320 g/mol. The molecule has 1 aromatic carbocycles. The van der Waals surface area contributed by atoms with Gasteiger partial charge in [-0.2, -0.15) is 4.31 Å². The Morgan fingerprint density at radius 3 is 2.23 bits per heavy atom. The molecule has 0 N–H and O–H groups in total. The SMILES string of the molecule is CC(C)CCN1CCN(S(=O)(=O)Cc2ccc(Cl)cc2)CC1. The second-order valence-electron chi connectivity index (χ2n) is 6.31. The summed E-state index contributed by atoms with van der Waals surface area (Å²) in [5, 5.41) is 0.625. The molecule has 124 valence electrons. The highest BCUT2D eigenvalue weighted by molar-refractivity contribution is 7.88. The largest absolute Gasteiger partial charge is 0.301 e. The van der Waals surface area contributed by atoms with Gasteiger partial charge in [0.1, 0.15) is 0 Å². The maximum atomic E-state index is 12.5. The third-order valence-corrected chi connectivity index (χ3v) is 6.11. The van der Waals surface area contributed by atoms with Gasteiger partial charge in [-0.25, -0.2) is 8.42 Å². The van der Waals surface area contributed by atoms with Crippen molar-refractivity contribution in [2.45, 2.75) is 26.0 Å². The monoisotopic (exact) mass is 344 g/mol. The molecule has 0 amide bonds. The topological polar surface area (TPSA) is 40.6 Å². The second-order valence-corrected chi connectivity index (χ2v) is 8.71. The Morgan fingerprint density at radius 1 is 1.09 bits per heavy atom. The second kappa shape index (κ2) is 7.77. The first-order valence-corrected chi connectivity index (χ1v) is 9.80. The molecule has 4 nitrogen and oxygen atoms in total. The summed E-state index contributed by atoms with van der Waals surface area (Å²) in [6.45, 7) is 8.32. The van der Waals surface area contributed by atoms with Gasteiger partial charge in [0.05, 0.1) is 5.75 Å². The van der Waals surface area contributed by atoms with Crippen LogP contribution in [0.5, 0.6) is 0 Å². The van der Waals surface area contributed by atoms with E-state index in [0.717, 1.165) is 31.6 Å². The normalized spacial score (nSPS) is 18.0. The summed E-state index contributed by atoms with van der Waals surface area (Å²) in [5.74, 6) is 0.738. The maximum absolute atomic E-state index is 12.5. The number of sulfonamides is 1. The molecule has 0 aromatic heterocycles. The molecule has 1 aliphatic rings. The van der Waals surface area contributed by atoms with Crippen molar-refractivity contribution in [1.82, 2.24) is 9.21 Å². The number of halogens is 1. The molecular formula is C16H25ClN2O2S. The van der Waals surface area contributed by atoms with Crippen LogP contribution < -0.4 is 0 Å². The lowest BCUT2D eigenvalue weighted by Crippen LogP contribution is -2.49. The standard InChI is InChI=1S/C16H25ClN2O2S/c1-14(2)7-8-18-9-11-19(12-10-18)22(20,21)13-15-3-5-16(17)6-4-15/h3-6,14H,7-13H2,1-2H3. The molecule has 0 unspecified atom stereocenters. The first-order valence-electron chi connectivity index (χ1n) is 7.81. The van der Waals surface area contributed by atoms with E-state index in [1.54, 1.807) is 28.6 Å². The average Bonchev–Trinajstić information content (AvgIpc) is 2.48. The van der Waals surface area contributed by atoms with Crippen LogP contribution in [0.2, 0.25) is 5.02 Å². The fourth-order valence-electron chi connectivity index (χ4n) is 2.55. The lowest BCUT2D eigenvalue weighted by Gasteiger charge is -2.34. The van der Waals surface area contributed by atoms with Crippen molar-refractivity contribution < 1.29 is 8.42 Å². The summed E-state index contributed by atoms with van der Waals surface area (Å²) in [7, 11) is -3.24. The number of hydrogen-bond donors (Lipinski definition) is 0. The van der Waals surface area contributed by atoms with Gasteiger partial charge in [-0.05, 0) is 36.6 Å². The third kappa shape index (κ3) is 5.23. The van der Waals surface area contributed by atoms with Crippen LogP contribution in [0.1, 0.15) is 25.8 Å². The molecule has 0 atom stereocenters.